The van der Waals surface area contributed by atoms with Crippen molar-refractivity contribution in [3.63, 3.8) is 0 Å². The summed E-state index contributed by atoms with van der Waals surface area (Å²) in [6.45, 7) is 4.25. The molecule has 1 aromatic heterocycles. The van der Waals surface area contributed by atoms with Crippen LogP contribution in [0.5, 0.6) is 0 Å². The number of nitrogens with zero attached hydrogens (tertiary/aromatic N) is 5. The molecule has 29 heavy (non-hydrogen) atoms. The number of halogens is 1. The van der Waals surface area contributed by atoms with E-state index in [-0.39, 0.29) is 23.7 Å². The summed E-state index contributed by atoms with van der Waals surface area (Å²) in [4.78, 5) is 28.4. The Morgan fingerprint density at radius 2 is 1.90 bits per heavy atom. The summed E-state index contributed by atoms with van der Waals surface area (Å²) in [7, 11) is 0. The molecule has 2 amide bonds. The first kappa shape index (κ1) is 19.5. The molecule has 0 spiro atoms. The van der Waals surface area contributed by atoms with E-state index in [1.165, 1.54) is 12.1 Å². The van der Waals surface area contributed by atoms with Crippen molar-refractivity contribution >= 4 is 11.8 Å². The number of carbonyl (C=O) groups is 2. The molecule has 154 valence electrons. The van der Waals surface area contributed by atoms with Crippen LogP contribution in [0.25, 0.3) is 0 Å². The van der Waals surface area contributed by atoms with E-state index in [0.717, 1.165) is 30.1 Å². The Morgan fingerprint density at radius 3 is 2.66 bits per heavy atom. The third kappa shape index (κ3) is 4.16. The van der Waals surface area contributed by atoms with Gasteiger partial charge in [0, 0.05) is 45.9 Å². The predicted molar refractivity (Wildman–Crippen MR) is 104 cm³/mol. The predicted octanol–water partition coefficient (Wildman–Crippen LogP) is 2.12. The monoisotopic (exact) mass is 399 g/mol. The van der Waals surface area contributed by atoms with Crippen molar-refractivity contribution in [2.75, 3.05) is 19.6 Å². The van der Waals surface area contributed by atoms with Crippen LogP contribution in [0.2, 0.25) is 0 Å². The lowest BCUT2D eigenvalue weighted by molar-refractivity contribution is -0.132. The van der Waals surface area contributed by atoms with Crippen LogP contribution in [0.1, 0.15) is 49.4 Å². The zero-order valence-electron chi connectivity index (χ0n) is 16.7. The van der Waals surface area contributed by atoms with Crippen LogP contribution in [0, 0.1) is 5.82 Å². The zero-order chi connectivity index (χ0) is 20.4. The molecule has 7 nitrogen and oxygen atoms in total. The van der Waals surface area contributed by atoms with E-state index in [0.29, 0.717) is 45.4 Å². The number of fused-ring (bicyclic) bond motifs is 1. The van der Waals surface area contributed by atoms with Gasteiger partial charge in [-0.1, -0.05) is 12.1 Å². The molecular weight excluding hydrogens is 373 g/mol. The normalized spacial score (nSPS) is 19.2. The van der Waals surface area contributed by atoms with Gasteiger partial charge in [0.2, 0.25) is 11.8 Å². The first-order chi connectivity index (χ1) is 14.0. The molecule has 1 fully saturated rings. The summed E-state index contributed by atoms with van der Waals surface area (Å²) in [6, 6.07) is 6.23. The fourth-order valence-corrected chi connectivity index (χ4v) is 4.29. The van der Waals surface area contributed by atoms with Gasteiger partial charge in [-0.05, 0) is 37.0 Å². The minimum Gasteiger partial charge on any atom is -0.341 e. The van der Waals surface area contributed by atoms with Gasteiger partial charge in [0.1, 0.15) is 11.6 Å². The second kappa shape index (κ2) is 8.31. The van der Waals surface area contributed by atoms with Crippen LogP contribution in [0.4, 0.5) is 4.39 Å². The molecule has 0 unspecified atom stereocenters. The third-order valence-corrected chi connectivity index (χ3v) is 5.91. The lowest BCUT2D eigenvalue weighted by Gasteiger charge is -2.25. The second-order valence-electron chi connectivity index (χ2n) is 7.75. The molecule has 0 bridgehead atoms. The number of likely N-dealkylation sites (tertiary alicyclic amines) is 1. The molecule has 1 atom stereocenters. The highest BCUT2D eigenvalue weighted by atomic mass is 19.1. The second-order valence-corrected chi connectivity index (χ2v) is 7.75. The van der Waals surface area contributed by atoms with Crippen LogP contribution >= 0.6 is 0 Å². The SMILES string of the molecule is CC(=O)N1CCc2nnc([C@H]3CCCN3C(=O)CCc3ccc(F)cc3)n2CC1. The summed E-state index contributed by atoms with van der Waals surface area (Å²) in [5, 5.41) is 8.78. The van der Waals surface area contributed by atoms with Crippen molar-refractivity contribution in [3.8, 4) is 0 Å². The Hall–Kier alpha value is -2.77. The van der Waals surface area contributed by atoms with Crippen LogP contribution < -0.4 is 0 Å². The maximum absolute atomic E-state index is 13.1. The summed E-state index contributed by atoms with van der Waals surface area (Å²) < 4.78 is 15.2. The molecule has 8 heteroatoms. The first-order valence-electron chi connectivity index (χ1n) is 10.2. The average Bonchev–Trinajstić information content (AvgIpc) is 3.28. The highest BCUT2D eigenvalue weighted by Gasteiger charge is 2.34. The maximum atomic E-state index is 13.1. The number of hydrogen-bond donors (Lipinski definition) is 0. The van der Waals surface area contributed by atoms with Crippen LogP contribution in [0.3, 0.4) is 0 Å². The Bertz CT molecular complexity index is 895. The molecule has 2 aliphatic heterocycles. The molecule has 0 aliphatic carbocycles. The van der Waals surface area contributed by atoms with Crippen molar-refractivity contribution in [1.29, 1.82) is 0 Å². The maximum Gasteiger partial charge on any atom is 0.223 e. The van der Waals surface area contributed by atoms with Gasteiger partial charge >= 0.3 is 0 Å². The molecule has 1 aromatic carbocycles. The summed E-state index contributed by atoms with van der Waals surface area (Å²) in [5.74, 6) is 1.61. The van der Waals surface area contributed by atoms with Gasteiger partial charge in [0.05, 0.1) is 6.04 Å². The van der Waals surface area contributed by atoms with Gasteiger partial charge in [-0.15, -0.1) is 10.2 Å². The molecule has 4 rings (SSSR count). The van der Waals surface area contributed by atoms with Crippen molar-refractivity contribution in [1.82, 2.24) is 24.6 Å². The quantitative estimate of drug-likeness (QED) is 0.790. The Labute approximate surface area is 169 Å². The Balaban J connectivity index is 1.45. The van der Waals surface area contributed by atoms with Crippen LogP contribution in [-0.4, -0.2) is 56.0 Å². The lowest BCUT2D eigenvalue weighted by atomic mass is 10.1. The Morgan fingerprint density at radius 1 is 1.10 bits per heavy atom. The van der Waals surface area contributed by atoms with E-state index < -0.39 is 0 Å². The third-order valence-electron chi connectivity index (χ3n) is 5.91. The van der Waals surface area contributed by atoms with E-state index in [9.17, 15) is 14.0 Å². The van der Waals surface area contributed by atoms with E-state index in [4.69, 9.17) is 0 Å². The van der Waals surface area contributed by atoms with Crippen molar-refractivity contribution in [3.05, 3.63) is 47.3 Å². The standard InChI is InChI=1S/C21H26FN5O2/c1-15(28)25-12-10-19-23-24-21(27(19)14-13-25)18-3-2-11-26(18)20(29)9-6-16-4-7-17(22)8-5-16/h4-5,7-8,18H,2-3,6,9-14H2,1H3/t18-/m1/s1. The summed E-state index contributed by atoms with van der Waals surface area (Å²) >= 11 is 0. The zero-order valence-corrected chi connectivity index (χ0v) is 16.7. The van der Waals surface area contributed by atoms with Crippen LogP contribution in [0.15, 0.2) is 24.3 Å². The van der Waals surface area contributed by atoms with E-state index in [1.807, 2.05) is 9.80 Å². The van der Waals surface area contributed by atoms with Gasteiger partial charge in [0.25, 0.3) is 0 Å². The van der Waals surface area contributed by atoms with Gasteiger partial charge in [-0.3, -0.25) is 9.59 Å². The van der Waals surface area contributed by atoms with E-state index in [1.54, 1.807) is 19.1 Å². The van der Waals surface area contributed by atoms with Crippen molar-refractivity contribution < 1.29 is 14.0 Å². The minimum absolute atomic E-state index is 0.0687. The van der Waals surface area contributed by atoms with Crippen molar-refractivity contribution in [2.45, 2.75) is 51.6 Å². The largest absolute Gasteiger partial charge is 0.341 e. The van der Waals surface area contributed by atoms with Gasteiger partial charge in [-0.25, -0.2) is 4.39 Å². The van der Waals surface area contributed by atoms with Crippen LogP contribution in [-0.2, 0) is 29.0 Å². The smallest absolute Gasteiger partial charge is 0.223 e. The lowest BCUT2D eigenvalue weighted by Crippen LogP contribution is -2.33. The summed E-state index contributed by atoms with van der Waals surface area (Å²) in [6.07, 6.45) is 3.47. The summed E-state index contributed by atoms with van der Waals surface area (Å²) in [5.41, 5.74) is 0.955. The first-order valence-corrected chi connectivity index (χ1v) is 10.2. The van der Waals surface area contributed by atoms with Gasteiger partial charge in [-0.2, -0.15) is 0 Å². The number of aromatic nitrogens is 3. The number of aryl methyl sites for hydroxylation is 1. The van der Waals surface area contributed by atoms with E-state index in [2.05, 4.69) is 14.8 Å². The Kier molecular flexibility index (Phi) is 5.60. The number of hydrogen-bond acceptors (Lipinski definition) is 4. The number of amides is 2. The van der Waals surface area contributed by atoms with Gasteiger partial charge in [0.15, 0.2) is 5.82 Å². The minimum atomic E-state index is -0.268. The molecule has 2 aromatic rings. The molecular formula is C21H26FN5O2. The molecule has 1 saturated heterocycles. The molecule has 3 heterocycles. The molecule has 0 saturated carbocycles. The fourth-order valence-electron chi connectivity index (χ4n) is 4.29. The molecule has 0 radical (unpaired) electrons. The molecule has 0 N–H and O–H groups in total. The molecule has 2 aliphatic rings. The van der Waals surface area contributed by atoms with Crippen molar-refractivity contribution in [2.24, 2.45) is 0 Å². The van der Waals surface area contributed by atoms with E-state index >= 15 is 0 Å². The number of carbonyl (C=O) groups excluding carboxylic acids is 2. The number of benzene rings is 1. The highest BCUT2D eigenvalue weighted by molar-refractivity contribution is 5.77. The highest BCUT2D eigenvalue weighted by Crippen LogP contribution is 2.32. The van der Waals surface area contributed by atoms with Gasteiger partial charge < -0.3 is 14.4 Å². The average molecular weight is 399 g/mol. The topological polar surface area (TPSA) is 71.3 Å². The fraction of sp³-hybridized carbons (Fsp3) is 0.524. The number of rotatable bonds is 4.